The van der Waals surface area contributed by atoms with Gasteiger partial charge in [-0.15, -0.1) is 0 Å². The summed E-state index contributed by atoms with van der Waals surface area (Å²) in [4.78, 5) is 10.5. The quantitative estimate of drug-likeness (QED) is 0.196. The minimum atomic E-state index is -0.398. The summed E-state index contributed by atoms with van der Waals surface area (Å²) in [7, 11) is 0. The molecule has 0 aliphatic carbocycles. The van der Waals surface area contributed by atoms with E-state index in [1.807, 2.05) is 20.8 Å². The van der Waals surface area contributed by atoms with Crippen LogP contribution in [0.25, 0.3) is 0 Å². The molecule has 0 fully saturated rings. The second kappa shape index (κ2) is 18.5. The molecule has 0 aromatic rings. The first-order chi connectivity index (χ1) is 11.4. The number of unbranched alkanes of at least 4 members (excludes halogenated alkanes) is 12. The van der Waals surface area contributed by atoms with Gasteiger partial charge >= 0.3 is 5.97 Å². The van der Waals surface area contributed by atoms with Crippen LogP contribution in [0.15, 0.2) is 12.7 Å². The molecule has 0 aliphatic rings. The van der Waals surface area contributed by atoms with E-state index in [-0.39, 0.29) is 5.97 Å². The van der Waals surface area contributed by atoms with Crippen molar-refractivity contribution >= 4 is 5.97 Å². The lowest BCUT2D eigenvalue weighted by Gasteiger charge is -2.17. The van der Waals surface area contributed by atoms with E-state index in [2.05, 4.69) is 20.4 Å². The van der Waals surface area contributed by atoms with Gasteiger partial charge in [-0.1, -0.05) is 104 Å². The van der Waals surface area contributed by atoms with Crippen LogP contribution in [-0.2, 0) is 9.53 Å². The molecule has 0 saturated carbocycles. The van der Waals surface area contributed by atoms with Gasteiger partial charge in [0.2, 0.25) is 0 Å². The number of hydrogen-bond acceptors (Lipinski definition) is 2. The summed E-state index contributed by atoms with van der Waals surface area (Å²) in [5, 5.41) is 0. The Morgan fingerprint density at radius 2 is 1.04 bits per heavy atom. The molecule has 0 unspecified atom stereocenters. The van der Waals surface area contributed by atoms with E-state index in [4.69, 9.17) is 4.74 Å². The Balaban J connectivity index is 0. The second-order valence-electron chi connectivity index (χ2n) is 7.63. The highest BCUT2D eigenvalue weighted by Gasteiger charge is 2.12. The monoisotopic (exact) mass is 340 g/mol. The van der Waals surface area contributed by atoms with Crippen molar-refractivity contribution in [3.05, 3.63) is 12.7 Å². The van der Waals surface area contributed by atoms with Crippen LogP contribution in [-0.4, -0.2) is 11.6 Å². The number of esters is 1. The Hall–Kier alpha value is -0.790. The van der Waals surface area contributed by atoms with E-state index >= 15 is 0 Å². The highest BCUT2D eigenvalue weighted by Crippen LogP contribution is 2.12. The van der Waals surface area contributed by atoms with Gasteiger partial charge in [0.25, 0.3) is 0 Å². The normalized spacial score (nSPS) is 10.7. The van der Waals surface area contributed by atoms with Crippen LogP contribution < -0.4 is 0 Å². The summed E-state index contributed by atoms with van der Waals surface area (Å²) < 4.78 is 4.83. The van der Waals surface area contributed by atoms with E-state index in [0.29, 0.717) is 0 Å². The van der Waals surface area contributed by atoms with E-state index in [9.17, 15) is 4.79 Å². The Bertz CT molecular complexity index is 264. The molecule has 0 aliphatic heterocycles. The minimum Gasteiger partial charge on any atom is -0.457 e. The van der Waals surface area contributed by atoms with Gasteiger partial charge in [-0.3, -0.25) is 0 Å². The third-order valence-electron chi connectivity index (χ3n) is 3.78. The van der Waals surface area contributed by atoms with E-state index < -0.39 is 5.60 Å². The zero-order valence-electron chi connectivity index (χ0n) is 17.3. The fourth-order valence-electron chi connectivity index (χ4n) is 2.43. The van der Waals surface area contributed by atoms with Crippen LogP contribution in [0.5, 0.6) is 0 Å². The predicted molar refractivity (Wildman–Crippen MR) is 107 cm³/mol. The molecule has 0 spiro atoms. The SMILES string of the molecule is C=CC(=O)OC(C)(C)C.CCCCCCCCCCCCCCC. The van der Waals surface area contributed by atoms with Crippen molar-refractivity contribution < 1.29 is 9.53 Å². The van der Waals surface area contributed by atoms with Gasteiger partial charge in [0, 0.05) is 6.08 Å². The molecule has 2 nitrogen and oxygen atoms in total. The van der Waals surface area contributed by atoms with Crippen LogP contribution >= 0.6 is 0 Å². The van der Waals surface area contributed by atoms with Gasteiger partial charge in [-0.05, 0) is 20.8 Å². The molecule has 0 rings (SSSR count). The highest BCUT2D eigenvalue weighted by atomic mass is 16.6. The largest absolute Gasteiger partial charge is 0.457 e. The maximum Gasteiger partial charge on any atom is 0.330 e. The standard InChI is InChI=1S/C15H32.C7H12O2/c1-3-5-7-9-11-13-15-14-12-10-8-6-4-2;1-5-6(8)9-7(2,3)4/h3-15H2,1-2H3;5H,1H2,2-4H3. The zero-order chi connectivity index (χ0) is 18.7. The van der Waals surface area contributed by atoms with Crippen molar-refractivity contribution in [2.75, 3.05) is 0 Å². The molecule has 2 heteroatoms. The van der Waals surface area contributed by atoms with Crippen LogP contribution in [0.2, 0.25) is 0 Å². The summed E-state index contributed by atoms with van der Waals surface area (Å²) in [5.74, 6) is -0.373. The zero-order valence-corrected chi connectivity index (χ0v) is 17.3. The van der Waals surface area contributed by atoms with Gasteiger partial charge in [-0.25, -0.2) is 4.79 Å². The Labute approximate surface area is 152 Å². The lowest BCUT2D eigenvalue weighted by Crippen LogP contribution is -2.22. The second-order valence-corrected chi connectivity index (χ2v) is 7.63. The average Bonchev–Trinajstić information content (AvgIpc) is 2.51. The third kappa shape index (κ3) is 26.1. The first kappa shape index (κ1) is 25.5. The van der Waals surface area contributed by atoms with Crippen LogP contribution in [0.3, 0.4) is 0 Å². The fourth-order valence-corrected chi connectivity index (χ4v) is 2.43. The molecule has 24 heavy (non-hydrogen) atoms. The molecule has 0 atom stereocenters. The number of carbonyl (C=O) groups is 1. The molecule has 0 N–H and O–H groups in total. The molecule has 0 radical (unpaired) electrons. The molecule has 0 aromatic carbocycles. The lowest BCUT2D eigenvalue weighted by atomic mass is 10.1. The summed E-state index contributed by atoms with van der Waals surface area (Å²) in [5.41, 5.74) is -0.398. The molecule has 0 aromatic heterocycles. The minimum absolute atomic E-state index is 0.373. The lowest BCUT2D eigenvalue weighted by molar-refractivity contribution is -0.148. The van der Waals surface area contributed by atoms with Gasteiger partial charge in [0.15, 0.2) is 0 Å². The molecule has 144 valence electrons. The van der Waals surface area contributed by atoms with Crippen molar-refractivity contribution in [1.82, 2.24) is 0 Å². The average molecular weight is 341 g/mol. The third-order valence-corrected chi connectivity index (χ3v) is 3.78. The predicted octanol–water partition coefficient (Wildman–Crippen LogP) is 7.61. The topological polar surface area (TPSA) is 26.3 Å². The molecule has 0 bridgehead atoms. The number of hydrogen-bond donors (Lipinski definition) is 0. The summed E-state index contributed by atoms with van der Waals surface area (Å²) in [6.45, 7) is 13.3. The molecular weight excluding hydrogens is 296 g/mol. The van der Waals surface area contributed by atoms with Crippen LogP contribution in [0, 0.1) is 0 Å². The van der Waals surface area contributed by atoms with Crippen molar-refractivity contribution in [1.29, 1.82) is 0 Å². The summed E-state index contributed by atoms with van der Waals surface area (Å²) in [6, 6.07) is 0. The van der Waals surface area contributed by atoms with Gasteiger partial charge in [0.1, 0.15) is 5.60 Å². The molecule has 0 amide bonds. The molecule has 0 saturated heterocycles. The fraction of sp³-hybridized carbons (Fsp3) is 0.864. The van der Waals surface area contributed by atoms with Gasteiger partial charge < -0.3 is 4.74 Å². The van der Waals surface area contributed by atoms with Gasteiger partial charge in [0.05, 0.1) is 0 Å². The maximum atomic E-state index is 10.5. The van der Waals surface area contributed by atoms with Crippen molar-refractivity contribution in [3.63, 3.8) is 0 Å². The molecule has 0 heterocycles. The van der Waals surface area contributed by atoms with Crippen molar-refractivity contribution in [2.24, 2.45) is 0 Å². The first-order valence-corrected chi connectivity index (χ1v) is 10.2. The first-order valence-electron chi connectivity index (χ1n) is 10.2. The maximum absolute atomic E-state index is 10.5. The van der Waals surface area contributed by atoms with Gasteiger partial charge in [-0.2, -0.15) is 0 Å². The summed E-state index contributed by atoms with van der Waals surface area (Å²) >= 11 is 0. The number of carbonyl (C=O) groups excluding carboxylic acids is 1. The van der Waals surface area contributed by atoms with Crippen LogP contribution in [0.4, 0.5) is 0 Å². The highest BCUT2D eigenvalue weighted by molar-refractivity contribution is 5.81. The Morgan fingerprint density at radius 3 is 1.21 bits per heavy atom. The number of ether oxygens (including phenoxy) is 1. The number of rotatable bonds is 13. The summed E-state index contributed by atoms with van der Waals surface area (Å²) in [6.07, 6.45) is 20.1. The Kier molecular flexibility index (Phi) is 19.7. The van der Waals surface area contributed by atoms with E-state index in [0.717, 1.165) is 6.08 Å². The van der Waals surface area contributed by atoms with Crippen molar-refractivity contribution in [3.8, 4) is 0 Å². The van der Waals surface area contributed by atoms with E-state index in [1.165, 1.54) is 83.5 Å². The van der Waals surface area contributed by atoms with E-state index in [1.54, 1.807) is 0 Å². The smallest absolute Gasteiger partial charge is 0.330 e. The Morgan fingerprint density at radius 1 is 0.750 bits per heavy atom. The van der Waals surface area contributed by atoms with Crippen LogP contribution in [0.1, 0.15) is 118 Å². The molecular formula is C22H44O2. The van der Waals surface area contributed by atoms with Crippen molar-refractivity contribution in [2.45, 2.75) is 124 Å².